The lowest BCUT2D eigenvalue weighted by Crippen LogP contribution is -2.39. The molecule has 1 fully saturated rings. The molecule has 0 aliphatic carbocycles. The predicted molar refractivity (Wildman–Crippen MR) is 63.2 cm³/mol. The molecule has 0 radical (unpaired) electrons. The Balaban J connectivity index is 1.94. The summed E-state index contributed by atoms with van der Waals surface area (Å²) in [6.07, 6.45) is 5.72. The summed E-state index contributed by atoms with van der Waals surface area (Å²) in [7, 11) is 3.45. The van der Waals surface area contributed by atoms with Crippen LogP contribution in [0, 0.1) is 5.92 Å². The molecule has 0 bridgehead atoms. The van der Waals surface area contributed by atoms with Gasteiger partial charge in [0.15, 0.2) is 0 Å². The smallest absolute Gasteiger partial charge is 0.309 e. The number of piperidine rings is 1. The van der Waals surface area contributed by atoms with Crippen LogP contribution in [0.25, 0.3) is 0 Å². The van der Waals surface area contributed by atoms with Crippen LogP contribution in [0.4, 0.5) is 0 Å². The highest BCUT2D eigenvalue weighted by atomic mass is 16.5. The SMILES string of the molecule is COC(=O)C1CCCN(Cc2nccn2C)C1. The first kappa shape index (κ1) is 12.1. The number of rotatable bonds is 3. The topological polar surface area (TPSA) is 47.4 Å². The van der Waals surface area contributed by atoms with E-state index in [4.69, 9.17) is 4.74 Å². The van der Waals surface area contributed by atoms with Crippen LogP contribution in [0.15, 0.2) is 12.4 Å². The zero-order valence-electron chi connectivity index (χ0n) is 10.4. The molecule has 1 saturated heterocycles. The van der Waals surface area contributed by atoms with Crippen molar-refractivity contribution in [1.29, 1.82) is 0 Å². The average Bonchev–Trinajstić information content (AvgIpc) is 2.74. The Hall–Kier alpha value is -1.36. The third-order valence-electron chi connectivity index (χ3n) is 3.33. The van der Waals surface area contributed by atoms with E-state index in [0.29, 0.717) is 0 Å². The second kappa shape index (κ2) is 5.31. The van der Waals surface area contributed by atoms with Crippen LogP contribution in [-0.2, 0) is 23.1 Å². The molecule has 2 rings (SSSR count). The van der Waals surface area contributed by atoms with E-state index >= 15 is 0 Å². The third-order valence-corrected chi connectivity index (χ3v) is 3.33. The predicted octanol–water partition coefficient (Wildman–Crippen LogP) is 0.805. The molecule has 1 aliphatic rings. The van der Waals surface area contributed by atoms with Gasteiger partial charge in [0, 0.05) is 26.0 Å². The first-order valence-electron chi connectivity index (χ1n) is 5.97. The molecule has 0 aromatic carbocycles. The van der Waals surface area contributed by atoms with Crippen molar-refractivity contribution in [3.05, 3.63) is 18.2 Å². The van der Waals surface area contributed by atoms with E-state index in [2.05, 4.69) is 9.88 Å². The second-order valence-electron chi connectivity index (χ2n) is 4.55. The minimum Gasteiger partial charge on any atom is -0.469 e. The maximum Gasteiger partial charge on any atom is 0.309 e. The van der Waals surface area contributed by atoms with E-state index in [1.807, 2.05) is 17.8 Å². The van der Waals surface area contributed by atoms with Gasteiger partial charge in [0.1, 0.15) is 5.82 Å². The number of esters is 1. The lowest BCUT2D eigenvalue weighted by atomic mass is 9.98. The maximum atomic E-state index is 11.5. The molecule has 1 aromatic heterocycles. The number of carbonyl (C=O) groups is 1. The van der Waals surface area contributed by atoms with Gasteiger partial charge in [0.25, 0.3) is 0 Å². The summed E-state index contributed by atoms with van der Waals surface area (Å²) in [5.41, 5.74) is 0. The summed E-state index contributed by atoms with van der Waals surface area (Å²) in [6, 6.07) is 0. The third kappa shape index (κ3) is 2.85. The highest BCUT2D eigenvalue weighted by Gasteiger charge is 2.26. The van der Waals surface area contributed by atoms with Crippen LogP contribution in [0.2, 0.25) is 0 Å². The number of likely N-dealkylation sites (tertiary alicyclic amines) is 1. The fraction of sp³-hybridized carbons (Fsp3) is 0.667. The van der Waals surface area contributed by atoms with Gasteiger partial charge in [-0.3, -0.25) is 9.69 Å². The van der Waals surface area contributed by atoms with Crippen LogP contribution in [0.5, 0.6) is 0 Å². The largest absolute Gasteiger partial charge is 0.469 e. The van der Waals surface area contributed by atoms with Crippen molar-refractivity contribution in [3.8, 4) is 0 Å². The molecule has 94 valence electrons. The van der Waals surface area contributed by atoms with Crippen molar-refractivity contribution in [2.24, 2.45) is 13.0 Å². The van der Waals surface area contributed by atoms with E-state index in [0.717, 1.165) is 38.3 Å². The Morgan fingerprint density at radius 1 is 1.65 bits per heavy atom. The molecule has 0 saturated carbocycles. The Labute approximate surface area is 101 Å². The summed E-state index contributed by atoms with van der Waals surface area (Å²) in [5.74, 6) is 0.971. The lowest BCUT2D eigenvalue weighted by molar-refractivity contribution is -0.147. The van der Waals surface area contributed by atoms with E-state index in [1.165, 1.54) is 7.11 Å². The van der Waals surface area contributed by atoms with Crippen LogP contribution in [0.1, 0.15) is 18.7 Å². The number of nitrogens with zero attached hydrogens (tertiary/aromatic N) is 3. The average molecular weight is 237 g/mol. The minimum absolute atomic E-state index is 0.0222. The standard InChI is InChI=1S/C12H19N3O2/c1-14-7-5-13-11(14)9-15-6-3-4-10(8-15)12(16)17-2/h5,7,10H,3-4,6,8-9H2,1-2H3. The van der Waals surface area contributed by atoms with Crippen molar-refractivity contribution in [2.75, 3.05) is 20.2 Å². The van der Waals surface area contributed by atoms with Crippen molar-refractivity contribution < 1.29 is 9.53 Å². The Bertz CT molecular complexity index is 389. The quantitative estimate of drug-likeness (QED) is 0.730. The summed E-state index contributed by atoms with van der Waals surface area (Å²) in [5, 5.41) is 0. The maximum absolute atomic E-state index is 11.5. The molecule has 5 heteroatoms. The molecular weight excluding hydrogens is 218 g/mol. The number of hydrogen-bond donors (Lipinski definition) is 0. The van der Waals surface area contributed by atoms with Crippen molar-refractivity contribution in [3.63, 3.8) is 0 Å². The van der Waals surface area contributed by atoms with Crippen LogP contribution in [-0.4, -0.2) is 40.6 Å². The van der Waals surface area contributed by atoms with Gasteiger partial charge in [-0.25, -0.2) is 4.98 Å². The van der Waals surface area contributed by atoms with Crippen molar-refractivity contribution in [2.45, 2.75) is 19.4 Å². The number of carbonyl (C=O) groups excluding carboxylic acids is 1. The zero-order chi connectivity index (χ0) is 12.3. The van der Waals surface area contributed by atoms with Crippen LogP contribution in [0.3, 0.4) is 0 Å². The molecule has 5 nitrogen and oxygen atoms in total. The molecule has 0 amide bonds. The van der Waals surface area contributed by atoms with E-state index < -0.39 is 0 Å². The van der Waals surface area contributed by atoms with Gasteiger partial charge in [-0.05, 0) is 19.4 Å². The molecule has 1 unspecified atom stereocenters. The van der Waals surface area contributed by atoms with Gasteiger partial charge in [-0.1, -0.05) is 0 Å². The molecule has 17 heavy (non-hydrogen) atoms. The van der Waals surface area contributed by atoms with E-state index in [-0.39, 0.29) is 11.9 Å². The molecule has 2 heterocycles. The van der Waals surface area contributed by atoms with Gasteiger partial charge in [0.2, 0.25) is 0 Å². The van der Waals surface area contributed by atoms with Crippen LogP contribution >= 0.6 is 0 Å². The minimum atomic E-state index is -0.0884. The normalized spacial score (nSPS) is 21.4. The monoisotopic (exact) mass is 237 g/mol. The van der Waals surface area contributed by atoms with Gasteiger partial charge in [-0.15, -0.1) is 0 Å². The van der Waals surface area contributed by atoms with Gasteiger partial charge >= 0.3 is 5.97 Å². The molecule has 1 aromatic rings. The number of methoxy groups -OCH3 is 1. The number of imidazole rings is 1. The van der Waals surface area contributed by atoms with Crippen LogP contribution < -0.4 is 0 Å². The fourth-order valence-corrected chi connectivity index (χ4v) is 2.31. The van der Waals surface area contributed by atoms with E-state index in [9.17, 15) is 4.79 Å². The molecule has 0 N–H and O–H groups in total. The Kier molecular flexibility index (Phi) is 3.78. The molecule has 1 atom stereocenters. The lowest BCUT2D eigenvalue weighted by Gasteiger charge is -2.30. The number of aryl methyl sites for hydroxylation is 1. The number of hydrogen-bond acceptors (Lipinski definition) is 4. The fourth-order valence-electron chi connectivity index (χ4n) is 2.31. The Morgan fingerprint density at radius 3 is 3.12 bits per heavy atom. The zero-order valence-corrected chi connectivity index (χ0v) is 10.4. The van der Waals surface area contributed by atoms with E-state index in [1.54, 1.807) is 6.20 Å². The highest BCUT2D eigenvalue weighted by molar-refractivity contribution is 5.72. The molecular formula is C12H19N3O2. The summed E-state index contributed by atoms with van der Waals surface area (Å²) < 4.78 is 6.83. The Morgan fingerprint density at radius 2 is 2.47 bits per heavy atom. The van der Waals surface area contributed by atoms with Crippen molar-refractivity contribution in [1.82, 2.24) is 14.5 Å². The first-order valence-corrected chi connectivity index (χ1v) is 5.97. The second-order valence-corrected chi connectivity index (χ2v) is 4.55. The van der Waals surface area contributed by atoms with Gasteiger partial charge in [-0.2, -0.15) is 0 Å². The number of ether oxygens (including phenoxy) is 1. The van der Waals surface area contributed by atoms with Gasteiger partial charge < -0.3 is 9.30 Å². The summed E-state index contributed by atoms with van der Waals surface area (Å²) in [4.78, 5) is 18.1. The summed E-state index contributed by atoms with van der Waals surface area (Å²) >= 11 is 0. The van der Waals surface area contributed by atoms with Gasteiger partial charge in [0.05, 0.1) is 19.6 Å². The first-order chi connectivity index (χ1) is 8.20. The highest BCUT2D eigenvalue weighted by Crippen LogP contribution is 2.19. The molecule has 0 spiro atoms. The van der Waals surface area contributed by atoms with Crippen molar-refractivity contribution >= 4 is 5.97 Å². The summed E-state index contributed by atoms with van der Waals surface area (Å²) in [6.45, 7) is 2.61. The number of aromatic nitrogens is 2. The molecule has 1 aliphatic heterocycles.